The minimum Gasteiger partial charge on any atom is -0.465 e. The Bertz CT molecular complexity index is 1060. The summed E-state index contributed by atoms with van der Waals surface area (Å²) in [5.41, 5.74) is 1.32. The van der Waals surface area contributed by atoms with Crippen LogP contribution in [0.4, 0.5) is 0 Å². The lowest BCUT2D eigenvalue weighted by Crippen LogP contribution is -2.43. The van der Waals surface area contributed by atoms with E-state index in [0.29, 0.717) is 30.1 Å². The Morgan fingerprint density at radius 2 is 2.06 bits per heavy atom. The van der Waals surface area contributed by atoms with E-state index in [2.05, 4.69) is 11.9 Å². The average molecular weight is 494 g/mol. The zero-order valence-corrected chi connectivity index (χ0v) is 21.0. The van der Waals surface area contributed by atoms with Gasteiger partial charge in [-0.25, -0.2) is 4.79 Å². The monoisotopic (exact) mass is 493 g/mol. The number of fused-ring (bicyclic) bond motifs is 1. The van der Waals surface area contributed by atoms with Gasteiger partial charge in [0.15, 0.2) is 4.80 Å². The molecule has 2 aromatic rings. The second-order valence-corrected chi connectivity index (χ2v) is 9.83. The third-order valence-electron chi connectivity index (χ3n) is 5.56. The van der Waals surface area contributed by atoms with Crippen LogP contribution in [0.3, 0.4) is 0 Å². The Labute approximate surface area is 202 Å². The van der Waals surface area contributed by atoms with Crippen LogP contribution in [0, 0.1) is 0 Å². The molecule has 1 aliphatic heterocycles. The molecule has 1 aromatic heterocycles. The van der Waals surface area contributed by atoms with Crippen LogP contribution in [0.25, 0.3) is 10.2 Å². The molecule has 0 spiro atoms. The maximum Gasteiger partial charge on any atom is 0.337 e. The summed E-state index contributed by atoms with van der Waals surface area (Å²) in [4.78, 5) is 43.8. The molecule has 33 heavy (non-hydrogen) atoms. The number of piperidine rings is 1. The van der Waals surface area contributed by atoms with E-state index in [4.69, 9.17) is 9.47 Å². The van der Waals surface area contributed by atoms with Gasteiger partial charge in [-0.15, -0.1) is 11.8 Å². The van der Waals surface area contributed by atoms with Crippen LogP contribution in [0.15, 0.2) is 23.2 Å². The highest BCUT2D eigenvalue weighted by Crippen LogP contribution is 2.20. The van der Waals surface area contributed by atoms with Gasteiger partial charge in [-0.05, 0) is 51.3 Å². The third-order valence-corrected chi connectivity index (χ3v) is 7.51. The molecule has 0 aliphatic carbocycles. The van der Waals surface area contributed by atoms with Gasteiger partial charge in [-0.1, -0.05) is 11.3 Å². The van der Waals surface area contributed by atoms with E-state index >= 15 is 0 Å². The molecular formula is C23H31N3O5S2. The van der Waals surface area contributed by atoms with Gasteiger partial charge < -0.3 is 18.9 Å². The van der Waals surface area contributed by atoms with Crippen LogP contribution in [-0.4, -0.2) is 71.7 Å². The van der Waals surface area contributed by atoms with Crippen molar-refractivity contribution in [1.29, 1.82) is 0 Å². The number of thiazole rings is 1. The number of ether oxygens (including phenoxy) is 2. The number of likely N-dealkylation sites (tertiary alicyclic amines) is 1. The highest BCUT2D eigenvalue weighted by molar-refractivity contribution is 8.00. The van der Waals surface area contributed by atoms with Gasteiger partial charge in [-0.2, -0.15) is 4.99 Å². The average Bonchev–Trinajstić information content (AvgIpc) is 3.14. The second kappa shape index (κ2) is 12.3. The van der Waals surface area contributed by atoms with Crippen LogP contribution in [0.1, 0.15) is 43.5 Å². The lowest BCUT2D eigenvalue weighted by Gasteiger charge is -2.33. The summed E-state index contributed by atoms with van der Waals surface area (Å²) in [7, 11) is 1.34. The van der Waals surface area contributed by atoms with Crippen molar-refractivity contribution in [3.8, 4) is 0 Å². The van der Waals surface area contributed by atoms with Crippen LogP contribution in [0.2, 0.25) is 0 Å². The Morgan fingerprint density at radius 3 is 2.79 bits per heavy atom. The van der Waals surface area contributed by atoms with Gasteiger partial charge in [0, 0.05) is 25.7 Å². The highest BCUT2D eigenvalue weighted by Gasteiger charge is 2.23. The van der Waals surface area contributed by atoms with Crippen molar-refractivity contribution < 1.29 is 23.9 Å². The Balaban J connectivity index is 1.73. The fourth-order valence-corrected chi connectivity index (χ4v) is 5.63. The van der Waals surface area contributed by atoms with Gasteiger partial charge >= 0.3 is 5.97 Å². The predicted molar refractivity (Wildman–Crippen MR) is 131 cm³/mol. The first-order valence-corrected chi connectivity index (χ1v) is 13.2. The van der Waals surface area contributed by atoms with Gasteiger partial charge in [0.05, 0.1) is 41.0 Å². The van der Waals surface area contributed by atoms with E-state index in [1.54, 1.807) is 12.1 Å². The predicted octanol–water partition coefficient (Wildman–Crippen LogP) is 3.09. The highest BCUT2D eigenvalue weighted by atomic mass is 32.2. The van der Waals surface area contributed by atoms with E-state index in [9.17, 15) is 14.4 Å². The first kappa shape index (κ1) is 25.5. The molecule has 1 aliphatic rings. The molecule has 2 amide bonds. The number of hydrogen-bond acceptors (Lipinski definition) is 7. The summed E-state index contributed by atoms with van der Waals surface area (Å²) in [5, 5.41) is 0. The molecule has 1 saturated heterocycles. The summed E-state index contributed by atoms with van der Waals surface area (Å²) >= 11 is 2.65. The maximum atomic E-state index is 12.6. The number of rotatable bonds is 9. The Morgan fingerprint density at radius 1 is 1.24 bits per heavy atom. The van der Waals surface area contributed by atoms with Crippen LogP contribution in [0.5, 0.6) is 0 Å². The van der Waals surface area contributed by atoms with E-state index in [1.165, 1.54) is 30.2 Å². The number of carbonyl (C=O) groups is 3. The topological polar surface area (TPSA) is 90.2 Å². The number of hydrogen-bond donors (Lipinski definition) is 0. The SMILES string of the molecule is CCOCCn1c(=NC(=O)CSCC(=O)N2CCCCC2C)sc2cc(C(=O)OC)ccc21. The lowest BCUT2D eigenvalue weighted by molar-refractivity contribution is -0.131. The van der Waals surface area contributed by atoms with Gasteiger partial charge in [0.2, 0.25) is 5.91 Å². The molecule has 2 heterocycles. The van der Waals surface area contributed by atoms with Crippen LogP contribution >= 0.6 is 23.1 Å². The second-order valence-electron chi connectivity index (χ2n) is 7.84. The zero-order valence-electron chi connectivity index (χ0n) is 19.4. The van der Waals surface area contributed by atoms with Crippen molar-refractivity contribution >= 4 is 51.1 Å². The van der Waals surface area contributed by atoms with E-state index in [-0.39, 0.29) is 29.4 Å². The molecule has 0 N–H and O–H groups in total. The van der Waals surface area contributed by atoms with Crippen molar-refractivity contribution in [1.82, 2.24) is 9.47 Å². The van der Waals surface area contributed by atoms with E-state index < -0.39 is 5.97 Å². The number of nitrogens with zero attached hydrogens (tertiary/aromatic N) is 3. The van der Waals surface area contributed by atoms with E-state index in [0.717, 1.165) is 36.0 Å². The van der Waals surface area contributed by atoms with Crippen LogP contribution < -0.4 is 4.80 Å². The van der Waals surface area contributed by atoms with Crippen molar-refractivity contribution in [3.63, 3.8) is 0 Å². The summed E-state index contributed by atoms with van der Waals surface area (Å²) in [6.45, 7) is 6.43. The molecule has 3 rings (SSSR count). The molecule has 10 heteroatoms. The minimum absolute atomic E-state index is 0.0870. The third kappa shape index (κ3) is 6.68. The summed E-state index contributed by atoms with van der Waals surface area (Å²) in [5.74, 6) is -0.190. The fraction of sp³-hybridized carbons (Fsp3) is 0.565. The molecule has 0 radical (unpaired) electrons. The smallest absolute Gasteiger partial charge is 0.337 e. The maximum absolute atomic E-state index is 12.6. The molecule has 1 aromatic carbocycles. The number of amides is 2. The first-order chi connectivity index (χ1) is 15.9. The van der Waals surface area contributed by atoms with Crippen molar-refractivity contribution in [3.05, 3.63) is 28.6 Å². The quantitative estimate of drug-likeness (QED) is 0.394. The Kier molecular flexibility index (Phi) is 9.52. The fourth-order valence-electron chi connectivity index (χ4n) is 3.84. The first-order valence-electron chi connectivity index (χ1n) is 11.2. The van der Waals surface area contributed by atoms with Gasteiger partial charge in [0.1, 0.15) is 0 Å². The minimum atomic E-state index is -0.412. The summed E-state index contributed by atoms with van der Waals surface area (Å²) in [6, 6.07) is 5.55. The lowest BCUT2D eigenvalue weighted by atomic mass is 10.0. The number of esters is 1. The summed E-state index contributed by atoms with van der Waals surface area (Å²) in [6.07, 6.45) is 3.24. The molecule has 0 bridgehead atoms. The molecule has 1 atom stereocenters. The molecule has 1 fully saturated rings. The van der Waals surface area contributed by atoms with Crippen molar-refractivity contribution in [2.24, 2.45) is 4.99 Å². The van der Waals surface area contributed by atoms with Crippen molar-refractivity contribution in [2.75, 3.05) is 38.4 Å². The molecule has 8 nitrogen and oxygen atoms in total. The van der Waals surface area contributed by atoms with Gasteiger partial charge in [-0.3, -0.25) is 9.59 Å². The summed E-state index contributed by atoms with van der Waals surface area (Å²) < 4.78 is 13.1. The number of aromatic nitrogens is 1. The Hall–Kier alpha value is -2.17. The number of thioether (sulfide) groups is 1. The van der Waals surface area contributed by atoms with Crippen LogP contribution in [-0.2, 0) is 25.6 Å². The molecular weight excluding hydrogens is 462 g/mol. The number of methoxy groups -OCH3 is 1. The molecule has 1 unspecified atom stereocenters. The standard InChI is InChI=1S/C23H31N3O5S2/c1-4-31-12-11-26-18-9-8-17(22(29)30-3)13-19(18)33-23(26)24-20(27)14-32-15-21(28)25-10-6-5-7-16(25)2/h8-9,13,16H,4-7,10-12,14-15H2,1-3H3. The number of benzene rings is 1. The zero-order chi connectivity index (χ0) is 23.8. The van der Waals surface area contributed by atoms with Crippen molar-refractivity contribution in [2.45, 2.75) is 45.7 Å². The molecule has 180 valence electrons. The largest absolute Gasteiger partial charge is 0.465 e. The molecule has 0 saturated carbocycles. The number of carbonyl (C=O) groups excluding carboxylic acids is 3. The van der Waals surface area contributed by atoms with E-state index in [1.807, 2.05) is 22.5 Å². The van der Waals surface area contributed by atoms with Gasteiger partial charge in [0.25, 0.3) is 5.91 Å². The normalized spacial score (nSPS) is 16.9.